The molecule has 0 aliphatic carbocycles. The van der Waals surface area contributed by atoms with Gasteiger partial charge in [0.05, 0.1) is 0 Å². The molecule has 1 heterocycles. The van der Waals surface area contributed by atoms with Gasteiger partial charge in [0.15, 0.2) is 0 Å². The number of hydrogen-bond donors (Lipinski definition) is 2. The summed E-state index contributed by atoms with van der Waals surface area (Å²) in [6.07, 6.45) is 1.86. The number of nitrogens with one attached hydrogen (secondary N) is 1. The smallest absolute Gasteiger partial charge is 0.256 e. The van der Waals surface area contributed by atoms with E-state index in [1.807, 2.05) is 43.3 Å². The van der Waals surface area contributed by atoms with Crippen LogP contribution in [-0.2, 0) is 4.79 Å². The number of para-hydroxylation sites is 1. The molecule has 0 aromatic heterocycles. The monoisotopic (exact) mass is 251 g/mol. The fourth-order valence-electron chi connectivity index (χ4n) is 2.26. The van der Waals surface area contributed by atoms with E-state index in [0.29, 0.717) is 5.57 Å². The van der Waals surface area contributed by atoms with E-state index < -0.39 is 0 Å². The maximum absolute atomic E-state index is 12.0. The molecule has 3 nitrogen and oxygen atoms in total. The van der Waals surface area contributed by atoms with Crippen molar-refractivity contribution in [1.29, 1.82) is 0 Å². The van der Waals surface area contributed by atoms with Crippen LogP contribution in [0.2, 0.25) is 0 Å². The lowest BCUT2D eigenvalue weighted by atomic mass is 10.0. The van der Waals surface area contributed by atoms with Crippen molar-refractivity contribution in [2.45, 2.75) is 6.92 Å². The van der Waals surface area contributed by atoms with Crippen molar-refractivity contribution in [3.8, 4) is 5.75 Å². The van der Waals surface area contributed by atoms with Gasteiger partial charge in [-0.25, -0.2) is 0 Å². The molecule has 0 saturated heterocycles. The quantitative estimate of drug-likeness (QED) is 0.765. The van der Waals surface area contributed by atoms with Gasteiger partial charge < -0.3 is 10.4 Å². The van der Waals surface area contributed by atoms with E-state index in [4.69, 9.17) is 0 Å². The SMILES string of the molecule is Cc1cc(O)ccc1/C=C1/C(=O)Nc2ccccc21. The number of fused-ring (bicyclic) bond motifs is 1. The Balaban J connectivity index is 2.11. The van der Waals surface area contributed by atoms with Crippen LogP contribution < -0.4 is 5.32 Å². The molecular weight excluding hydrogens is 238 g/mol. The Bertz CT molecular complexity index is 702. The highest BCUT2D eigenvalue weighted by Gasteiger charge is 2.23. The summed E-state index contributed by atoms with van der Waals surface area (Å²) in [6, 6.07) is 12.7. The van der Waals surface area contributed by atoms with Crippen LogP contribution in [0.3, 0.4) is 0 Å². The Morgan fingerprint density at radius 1 is 1.16 bits per heavy atom. The molecule has 0 atom stereocenters. The Morgan fingerprint density at radius 2 is 1.95 bits per heavy atom. The van der Waals surface area contributed by atoms with Crippen LogP contribution in [0.5, 0.6) is 5.75 Å². The number of amides is 1. The fourth-order valence-corrected chi connectivity index (χ4v) is 2.26. The summed E-state index contributed by atoms with van der Waals surface area (Å²) in [5.41, 5.74) is 4.28. The Labute approximate surface area is 111 Å². The van der Waals surface area contributed by atoms with Crippen LogP contribution >= 0.6 is 0 Å². The average molecular weight is 251 g/mol. The number of phenols is 1. The van der Waals surface area contributed by atoms with Crippen LogP contribution in [0.25, 0.3) is 11.6 Å². The summed E-state index contributed by atoms with van der Waals surface area (Å²) in [7, 11) is 0. The zero-order valence-electron chi connectivity index (χ0n) is 10.5. The predicted octanol–water partition coefficient (Wildman–Crippen LogP) is 3.19. The molecule has 1 aliphatic heterocycles. The second-order valence-electron chi connectivity index (χ2n) is 4.60. The number of benzene rings is 2. The van der Waals surface area contributed by atoms with Crippen LogP contribution in [0.1, 0.15) is 16.7 Å². The molecule has 19 heavy (non-hydrogen) atoms. The summed E-state index contributed by atoms with van der Waals surface area (Å²) in [6.45, 7) is 1.91. The van der Waals surface area contributed by atoms with E-state index in [1.54, 1.807) is 12.1 Å². The van der Waals surface area contributed by atoms with Gasteiger partial charge in [-0.3, -0.25) is 4.79 Å². The molecule has 94 valence electrons. The maximum atomic E-state index is 12.0. The maximum Gasteiger partial charge on any atom is 0.256 e. The zero-order valence-corrected chi connectivity index (χ0v) is 10.5. The molecule has 0 unspecified atom stereocenters. The lowest BCUT2D eigenvalue weighted by molar-refractivity contribution is -0.110. The summed E-state index contributed by atoms with van der Waals surface area (Å²) < 4.78 is 0. The van der Waals surface area contributed by atoms with Gasteiger partial charge in [-0.1, -0.05) is 24.3 Å². The van der Waals surface area contributed by atoms with Crippen molar-refractivity contribution in [3.63, 3.8) is 0 Å². The molecule has 2 aromatic rings. The van der Waals surface area contributed by atoms with Gasteiger partial charge in [-0.2, -0.15) is 0 Å². The molecule has 0 saturated carbocycles. The molecule has 3 rings (SSSR count). The molecule has 0 fully saturated rings. The molecule has 0 radical (unpaired) electrons. The minimum Gasteiger partial charge on any atom is -0.508 e. The van der Waals surface area contributed by atoms with Crippen LogP contribution in [0.15, 0.2) is 42.5 Å². The molecule has 0 bridgehead atoms. The largest absolute Gasteiger partial charge is 0.508 e. The fraction of sp³-hybridized carbons (Fsp3) is 0.0625. The van der Waals surface area contributed by atoms with Crippen molar-refractivity contribution >= 4 is 23.2 Å². The van der Waals surface area contributed by atoms with Crippen molar-refractivity contribution in [2.24, 2.45) is 0 Å². The Morgan fingerprint density at radius 3 is 2.74 bits per heavy atom. The minimum atomic E-state index is -0.0892. The minimum absolute atomic E-state index is 0.0892. The zero-order chi connectivity index (χ0) is 13.4. The molecule has 2 N–H and O–H groups in total. The topological polar surface area (TPSA) is 49.3 Å². The van der Waals surface area contributed by atoms with Crippen LogP contribution in [0.4, 0.5) is 5.69 Å². The number of carbonyl (C=O) groups is 1. The predicted molar refractivity (Wildman–Crippen MR) is 75.8 cm³/mol. The number of carbonyl (C=O) groups excluding carboxylic acids is 1. The van der Waals surface area contributed by atoms with E-state index in [0.717, 1.165) is 22.4 Å². The first kappa shape index (κ1) is 11.5. The lowest BCUT2D eigenvalue weighted by Crippen LogP contribution is -2.03. The van der Waals surface area contributed by atoms with E-state index in [-0.39, 0.29) is 11.7 Å². The Kier molecular flexibility index (Phi) is 2.60. The number of aryl methyl sites for hydroxylation is 1. The summed E-state index contributed by atoms with van der Waals surface area (Å²) in [5, 5.41) is 12.3. The van der Waals surface area contributed by atoms with Crippen molar-refractivity contribution in [1.82, 2.24) is 0 Å². The summed E-state index contributed by atoms with van der Waals surface area (Å²) in [4.78, 5) is 12.0. The highest BCUT2D eigenvalue weighted by Crippen LogP contribution is 2.33. The van der Waals surface area contributed by atoms with Gasteiger partial charge in [0.2, 0.25) is 0 Å². The summed E-state index contributed by atoms with van der Waals surface area (Å²) in [5.74, 6) is 0.143. The van der Waals surface area contributed by atoms with Crippen molar-refractivity contribution in [2.75, 3.05) is 5.32 Å². The first-order chi connectivity index (χ1) is 9.15. The van der Waals surface area contributed by atoms with Crippen LogP contribution in [-0.4, -0.2) is 11.0 Å². The normalized spacial score (nSPS) is 15.4. The molecular formula is C16H13NO2. The first-order valence-corrected chi connectivity index (χ1v) is 6.07. The second-order valence-corrected chi connectivity index (χ2v) is 4.60. The number of anilines is 1. The van der Waals surface area contributed by atoms with Gasteiger partial charge in [-0.05, 0) is 42.3 Å². The van der Waals surface area contributed by atoms with Gasteiger partial charge in [0, 0.05) is 16.8 Å². The van der Waals surface area contributed by atoms with E-state index in [9.17, 15) is 9.90 Å². The van der Waals surface area contributed by atoms with Gasteiger partial charge >= 0.3 is 0 Å². The third-order valence-electron chi connectivity index (χ3n) is 3.26. The standard InChI is InChI=1S/C16H13NO2/c1-10-8-12(18)7-6-11(10)9-14-13-4-2-3-5-15(13)17-16(14)19/h2-9,18H,1H3,(H,17,19)/b14-9+. The van der Waals surface area contributed by atoms with Crippen LogP contribution in [0, 0.1) is 6.92 Å². The molecule has 0 spiro atoms. The third kappa shape index (κ3) is 1.99. The van der Waals surface area contributed by atoms with E-state index in [1.165, 1.54) is 0 Å². The highest BCUT2D eigenvalue weighted by molar-refractivity contribution is 6.34. The van der Waals surface area contributed by atoms with E-state index in [2.05, 4.69) is 5.32 Å². The highest BCUT2D eigenvalue weighted by atomic mass is 16.3. The number of aromatic hydroxyl groups is 1. The third-order valence-corrected chi connectivity index (χ3v) is 3.26. The summed E-state index contributed by atoms with van der Waals surface area (Å²) >= 11 is 0. The number of rotatable bonds is 1. The Hall–Kier alpha value is -2.55. The van der Waals surface area contributed by atoms with Crippen molar-refractivity contribution < 1.29 is 9.90 Å². The first-order valence-electron chi connectivity index (χ1n) is 6.07. The number of phenolic OH excluding ortho intramolecular Hbond substituents is 1. The second kappa shape index (κ2) is 4.28. The van der Waals surface area contributed by atoms with Gasteiger partial charge in [-0.15, -0.1) is 0 Å². The number of hydrogen-bond acceptors (Lipinski definition) is 2. The molecule has 2 aromatic carbocycles. The lowest BCUT2D eigenvalue weighted by Gasteiger charge is -2.03. The molecule has 1 aliphatic rings. The van der Waals surface area contributed by atoms with Gasteiger partial charge in [0.25, 0.3) is 5.91 Å². The molecule has 3 heteroatoms. The molecule has 1 amide bonds. The van der Waals surface area contributed by atoms with Gasteiger partial charge in [0.1, 0.15) is 5.75 Å². The van der Waals surface area contributed by atoms with Crippen molar-refractivity contribution in [3.05, 3.63) is 59.2 Å². The van der Waals surface area contributed by atoms with E-state index >= 15 is 0 Å². The average Bonchev–Trinajstić information content (AvgIpc) is 2.69.